The Bertz CT molecular complexity index is 2070. The standard InChI is InChI=1S/C22H23BrN2O.C12H17NO.C10H7BrClN/c1-16-13-22(20-14-18(23)7-8-21(20)24-16)26-19-9-11-25(12-10-19)15-17-5-3-2-4-6-17;14-12-6-8-13(9-7-12)10-11-4-2-1-3-5-11;1-6-4-9(12)8-5-7(11)2-3-10(8)13-6/h2-8,13-14,19H,9-12,15H2,1H3;1-5,12,14H,6-10H2;2-5H,1H3. The molecule has 2 aromatic heterocycles. The number of aromatic nitrogens is 2. The highest BCUT2D eigenvalue weighted by atomic mass is 79.9. The maximum atomic E-state index is 9.37. The Morgan fingerprint density at radius 1 is 0.642 bits per heavy atom. The lowest BCUT2D eigenvalue weighted by atomic mass is 10.1. The number of piperidine rings is 2. The number of aliphatic hydroxyl groups excluding tert-OH is 1. The molecule has 2 aliphatic rings. The van der Waals surface area contributed by atoms with Gasteiger partial charge in [0.2, 0.25) is 0 Å². The van der Waals surface area contributed by atoms with Gasteiger partial charge in [0.05, 0.1) is 22.2 Å². The van der Waals surface area contributed by atoms with E-state index in [2.05, 4.69) is 118 Å². The smallest absolute Gasteiger partial charge is 0.130 e. The second-order valence-electron chi connectivity index (χ2n) is 13.9. The third-order valence-corrected chi connectivity index (χ3v) is 10.9. The van der Waals surface area contributed by atoms with E-state index in [4.69, 9.17) is 16.3 Å². The van der Waals surface area contributed by atoms with Gasteiger partial charge in [0, 0.05) is 76.4 Å². The topological polar surface area (TPSA) is 61.7 Å². The van der Waals surface area contributed by atoms with Crippen molar-refractivity contribution in [3.8, 4) is 5.75 Å². The molecule has 9 heteroatoms. The van der Waals surface area contributed by atoms with Crippen molar-refractivity contribution in [2.75, 3.05) is 26.2 Å². The summed E-state index contributed by atoms with van der Waals surface area (Å²) in [6.45, 7) is 10.2. The Labute approximate surface area is 335 Å². The molecule has 6 nitrogen and oxygen atoms in total. The van der Waals surface area contributed by atoms with Crippen LogP contribution in [0.3, 0.4) is 0 Å². The molecule has 4 heterocycles. The molecule has 0 aliphatic carbocycles. The summed E-state index contributed by atoms with van der Waals surface area (Å²) in [5, 5.41) is 12.2. The Morgan fingerprint density at radius 2 is 1.11 bits per heavy atom. The number of likely N-dealkylation sites (tertiary alicyclic amines) is 2. The van der Waals surface area contributed by atoms with Gasteiger partial charge in [0.1, 0.15) is 11.9 Å². The molecule has 0 saturated carbocycles. The lowest BCUT2D eigenvalue weighted by molar-refractivity contribution is 0.0792. The van der Waals surface area contributed by atoms with Gasteiger partial charge in [-0.1, -0.05) is 104 Å². The normalized spacial score (nSPS) is 15.7. The van der Waals surface area contributed by atoms with Crippen LogP contribution in [0.5, 0.6) is 5.75 Å². The molecule has 2 aliphatic heterocycles. The van der Waals surface area contributed by atoms with Crippen LogP contribution in [0.15, 0.2) is 118 Å². The zero-order chi connectivity index (χ0) is 37.2. The van der Waals surface area contributed by atoms with Crippen LogP contribution < -0.4 is 4.74 Å². The van der Waals surface area contributed by atoms with Crippen molar-refractivity contribution in [1.29, 1.82) is 0 Å². The van der Waals surface area contributed by atoms with Crippen molar-refractivity contribution in [3.63, 3.8) is 0 Å². The highest BCUT2D eigenvalue weighted by Gasteiger charge is 2.22. The van der Waals surface area contributed by atoms with Crippen LogP contribution in [0.4, 0.5) is 0 Å². The van der Waals surface area contributed by atoms with E-state index in [1.807, 2.05) is 56.3 Å². The number of hydrogen-bond acceptors (Lipinski definition) is 6. The maximum Gasteiger partial charge on any atom is 0.130 e. The van der Waals surface area contributed by atoms with Gasteiger partial charge < -0.3 is 9.84 Å². The molecule has 0 unspecified atom stereocenters. The molecule has 0 atom stereocenters. The first-order valence-corrected chi connectivity index (χ1v) is 20.3. The summed E-state index contributed by atoms with van der Waals surface area (Å²) in [7, 11) is 0. The lowest BCUT2D eigenvalue weighted by Gasteiger charge is -2.32. The van der Waals surface area contributed by atoms with Gasteiger partial charge >= 0.3 is 0 Å². The summed E-state index contributed by atoms with van der Waals surface area (Å²) in [4.78, 5) is 13.9. The number of nitrogens with zero attached hydrogens (tertiary/aromatic N) is 4. The fourth-order valence-electron chi connectivity index (χ4n) is 6.80. The fraction of sp³-hybridized carbons (Fsp3) is 0.318. The van der Waals surface area contributed by atoms with Crippen molar-refractivity contribution in [2.24, 2.45) is 0 Å². The minimum absolute atomic E-state index is 0.0676. The van der Waals surface area contributed by atoms with E-state index in [1.54, 1.807) is 0 Å². The Balaban J connectivity index is 0.000000150. The number of halogens is 3. The number of aliphatic hydroxyl groups is 1. The largest absolute Gasteiger partial charge is 0.490 e. The van der Waals surface area contributed by atoms with Crippen LogP contribution in [0.1, 0.15) is 48.2 Å². The predicted molar refractivity (Wildman–Crippen MR) is 226 cm³/mol. The van der Waals surface area contributed by atoms with Gasteiger partial charge in [0.25, 0.3) is 0 Å². The van der Waals surface area contributed by atoms with Crippen molar-refractivity contribution in [2.45, 2.75) is 64.8 Å². The summed E-state index contributed by atoms with van der Waals surface area (Å²) >= 11 is 13.0. The molecule has 0 spiro atoms. The van der Waals surface area contributed by atoms with Crippen molar-refractivity contribution < 1.29 is 9.84 Å². The predicted octanol–water partition coefficient (Wildman–Crippen LogP) is 11.0. The number of pyridine rings is 2. The van der Waals surface area contributed by atoms with Crippen molar-refractivity contribution >= 4 is 65.3 Å². The molecule has 4 aromatic carbocycles. The quantitative estimate of drug-likeness (QED) is 0.180. The molecular weight excluding hydrogens is 812 g/mol. The number of hydrogen-bond donors (Lipinski definition) is 1. The number of aryl methyl sites for hydroxylation is 2. The monoisotopic (exact) mass is 856 g/mol. The third-order valence-electron chi connectivity index (χ3n) is 9.59. The van der Waals surface area contributed by atoms with Gasteiger partial charge in [-0.15, -0.1) is 0 Å². The number of benzene rings is 4. The maximum absolute atomic E-state index is 9.37. The highest BCUT2D eigenvalue weighted by molar-refractivity contribution is 9.10. The van der Waals surface area contributed by atoms with E-state index >= 15 is 0 Å². The van der Waals surface area contributed by atoms with E-state index in [9.17, 15) is 5.11 Å². The second kappa shape index (κ2) is 19.3. The molecule has 1 N–H and O–H groups in total. The average Bonchev–Trinajstić information content (AvgIpc) is 3.15. The Morgan fingerprint density at radius 3 is 1.66 bits per heavy atom. The van der Waals surface area contributed by atoms with Gasteiger partial charge in [-0.05, 0) is 93.1 Å². The minimum Gasteiger partial charge on any atom is -0.490 e. The molecule has 0 radical (unpaired) electrons. The molecular formula is C44H47Br2ClN4O2. The van der Waals surface area contributed by atoms with Crippen molar-refractivity contribution in [1.82, 2.24) is 19.8 Å². The van der Waals surface area contributed by atoms with Gasteiger partial charge in [-0.2, -0.15) is 0 Å². The lowest BCUT2D eigenvalue weighted by Crippen LogP contribution is -2.37. The summed E-state index contributed by atoms with van der Waals surface area (Å²) in [5.74, 6) is 0.954. The Hall–Kier alpha value is -3.37. The van der Waals surface area contributed by atoms with Crippen LogP contribution in [-0.4, -0.2) is 63.3 Å². The summed E-state index contributed by atoms with van der Waals surface area (Å²) in [6.07, 6.45) is 4.17. The zero-order valence-electron chi connectivity index (χ0n) is 30.4. The first-order chi connectivity index (χ1) is 25.7. The average molecular weight is 859 g/mol. The van der Waals surface area contributed by atoms with E-state index < -0.39 is 0 Å². The molecule has 2 saturated heterocycles. The van der Waals surface area contributed by atoms with Gasteiger partial charge in [-0.3, -0.25) is 19.8 Å². The fourth-order valence-corrected chi connectivity index (χ4v) is 7.83. The summed E-state index contributed by atoms with van der Waals surface area (Å²) < 4.78 is 8.49. The molecule has 276 valence electrons. The van der Waals surface area contributed by atoms with E-state index in [0.29, 0.717) is 0 Å². The van der Waals surface area contributed by atoms with E-state index in [-0.39, 0.29) is 12.2 Å². The Kier molecular flexibility index (Phi) is 14.3. The van der Waals surface area contributed by atoms with E-state index in [0.717, 1.165) is 118 Å². The number of ether oxygens (including phenoxy) is 1. The molecule has 0 amide bonds. The summed E-state index contributed by atoms with van der Waals surface area (Å²) in [5.41, 5.74) is 6.62. The SMILES string of the molecule is Cc1cc(Cl)c2cc(Br)ccc2n1.Cc1cc(OC2CCN(Cc3ccccc3)CC2)c2cc(Br)ccc2n1.OC1CCN(Cc2ccccc2)CC1. The number of rotatable bonds is 6. The highest BCUT2D eigenvalue weighted by Crippen LogP contribution is 2.31. The second-order valence-corrected chi connectivity index (χ2v) is 16.1. The van der Waals surface area contributed by atoms with E-state index in [1.165, 1.54) is 11.1 Å². The molecule has 2 fully saturated rings. The summed E-state index contributed by atoms with van der Waals surface area (Å²) in [6, 6.07) is 37.2. The third kappa shape index (κ3) is 11.8. The van der Waals surface area contributed by atoms with Crippen LogP contribution in [-0.2, 0) is 13.1 Å². The van der Waals surface area contributed by atoms with Crippen LogP contribution >= 0.6 is 43.5 Å². The van der Waals surface area contributed by atoms with Gasteiger partial charge in [-0.25, -0.2) is 0 Å². The first-order valence-electron chi connectivity index (χ1n) is 18.3. The molecule has 8 rings (SSSR count). The van der Waals surface area contributed by atoms with Crippen LogP contribution in [0.25, 0.3) is 21.8 Å². The van der Waals surface area contributed by atoms with Crippen LogP contribution in [0.2, 0.25) is 5.02 Å². The molecule has 6 aromatic rings. The molecule has 53 heavy (non-hydrogen) atoms. The number of fused-ring (bicyclic) bond motifs is 2. The zero-order valence-corrected chi connectivity index (χ0v) is 34.3. The first kappa shape index (κ1) is 39.3. The van der Waals surface area contributed by atoms with Gasteiger partial charge in [0.15, 0.2) is 0 Å². The van der Waals surface area contributed by atoms with Crippen molar-refractivity contribution in [3.05, 3.63) is 146 Å². The van der Waals surface area contributed by atoms with Crippen LogP contribution in [0, 0.1) is 13.8 Å². The minimum atomic E-state index is -0.0676. The molecule has 0 bridgehead atoms.